The van der Waals surface area contributed by atoms with Crippen LogP contribution < -0.4 is 9.47 Å². The number of aromatic nitrogens is 2. The van der Waals surface area contributed by atoms with Gasteiger partial charge in [-0.1, -0.05) is 13.0 Å². The Hall–Kier alpha value is -2.14. The highest BCUT2D eigenvalue weighted by Crippen LogP contribution is 2.33. The number of likely N-dealkylation sites (tertiary alicyclic amines) is 1. The Labute approximate surface area is 155 Å². The highest BCUT2D eigenvalue weighted by atomic mass is 16.7. The summed E-state index contributed by atoms with van der Waals surface area (Å²) in [6.07, 6.45) is 7.06. The third kappa shape index (κ3) is 3.83. The molecule has 0 unspecified atom stereocenters. The Morgan fingerprint density at radius 2 is 2.00 bits per heavy atom. The van der Waals surface area contributed by atoms with Gasteiger partial charge >= 0.3 is 0 Å². The van der Waals surface area contributed by atoms with Gasteiger partial charge < -0.3 is 14.4 Å². The van der Waals surface area contributed by atoms with Crippen LogP contribution >= 0.6 is 0 Å². The molecule has 1 atom stereocenters. The molecular formula is C21H27N3O2. The van der Waals surface area contributed by atoms with Crippen LogP contribution in [0.25, 0.3) is 0 Å². The molecule has 5 heteroatoms. The van der Waals surface area contributed by atoms with Gasteiger partial charge in [-0.15, -0.1) is 0 Å². The number of hydrogen-bond donors (Lipinski definition) is 0. The van der Waals surface area contributed by atoms with Gasteiger partial charge in [0, 0.05) is 24.4 Å². The van der Waals surface area contributed by atoms with Crippen molar-refractivity contribution in [1.82, 2.24) is 14.9 Å². The van der Waals surface area contributed by atoms with Crippen LogP contribution in [0.1, 0.15) is 42.5 Å². The zero-order valence-electron chi connectivity index (χ0n) is 15.6. The molecule has 5 nitrogen and oxygen atoms in total. The Morgan fingerprint density at radius 1 is 1.19 bits per heavy atom. The van der Waals surface area contributed by atoms with E-state index in [4.69, 9.17) is 9.47 Å². The predicted octanol–water partition coefficient (Wildman–Crippen LogP) is 3.57. The minimum absolute atomic E-state index is 0.342. The van der Waals surface area contributed by atoms with E-state index in [9.17, 15) is 0 Å². The van der Waals surface area contributed by atoms with Gasteiger partial charge in [0.25, 0.3) is 0 Å². The van der Waals surface area contributed by atoms with E-state index in [2.05, 4.69) is 40.8 Å². The Kier molecular flexibility index (Phi) is 5.07. The monoisotopic (exact) mass is 353 g/mol. The lowest BCUT2D eigenvalue weighted by molar-refractivity contribution is 0.174. The van der Waals surface area contributed by atoms with E-state index in [1.807, 2.05) is 12.3 Å². The number of aryl methyl sites for hydroxylation is 1. The summed E-state index contributed by atoms with van der Waals surface area (Å²) in [6, 6.07) is 6.32. The van der Waals surface area contributed by atoms with Gasteiger partial charge in [-0.05, 0) is 68.5 Å². The summed E-state index contributed by atoms with van der Waals surface area (Å²) in [7, 11) is 0. The van der Waals surface area contributed by atoms with Gasteiger partial charge in [0.05, 0.1) is 0 Å². The van der Waals surface area contributed by atoms with Gasteiger partial charge in [0.1, 0.15) is 6.33 Å². The Balaban J connectivity index is 1.28. The average molecular weight is 353 g/mol. The van der Waals surface area contributed by atoms with E-state index < -0.39 is 0 Å². The summed E-state index contributed by atoms with van der Waals surface area (Å²) in [5, 5.41) is 0. The van der Waals surface area contributed by atoms with E-state index in [-0.39, 0.29) is 0 Å². The first-order valence-electron chi connectivity index (χ1n) is 9.56. The van der Waals surface area contributed by atoms with Gasteiger partial charge in [-0.2, -0.15) is 0 Å². The lowest BCUT2D eigenvalue weighted by atomic mass is 9.90. The molecule has 0 amide bonds. The van der Waals surface area contributed by atoms with Crippen LogP contribution in [0.4, 0.5) is 0 Å². The second-order valence-corrected chi connectivity index (χ2v) is 7.66. The first-order chi connectivity index (χ1) is 12.7. The van der Waals surface area contributed by atoms with E-state index in [0.29, 0.717) is 18.6 Å². The fraction of sp³-hybridized carbons (Fsp3) is 0.524. The third-order valence-corrected chi connectivity index (χ3v) is 5.50. The number of nitrogens with zero attached hydrogens (tertiary/aromatic N) is 3. The minimum atomic E-state index is 0.342. The number of piperidine rings is 1. The molecule has 0 N–H and O–H groups in total. The Bertz CT molecular complexity index is 757. The Morgan fingerprint density at radius 3 is 2.81 bits per heavy atom. The van der Waals surface area contributed by atoms with E-state index in [0.717, 1.165) is 37.6 Å². The molecule has 0 spiro atoms. The SMILES string of the molecule is Cc1cncnc1C1CCN(C[C@@H](C)Cc2ccc3c(c2)OCO3)CC1. The molecule has 0 saturated carbocycles. The summed E-state index contributed by atoms with van der Waals surface area (Å²) in [4.78, 5) is 11.2. The summed E-state index contributed by atoms with van der Waals surface area (Å²) in [5.41, 5.74) is 3.79. The van der Waals surface area contributed by atoms with E-state index in [1.54, 1.807) is 6.33 Å². The van der Waals surface area contributed by atoms with Crippen molar-refractivity contribution in [3.05, 3.63) is 47.5 Å². The molecule has 0 aliphatic carbocycles. The molecule has 1 aromatic heterocycles. The van der Waals surface area contributed by atoms with Gasteiger partial charge in [-0.25, -0.2) is 9.97 Å². The molecule has 4 rings (SSSR count). The lowest BCUT2D eigenvalue weighted by Gasteiger charge is -2.33. The van der Waals surface area contributed by atoms with Crippen LogP contribution in [-0.2, 0) is 6.42 Å². The summed E-state index contributed by atoms with van der Waals surface area (Å²) >= 11 is 0. The first kappa shape index (κ1) is 17.3. The fourth-order valence-electron chi connectivity index (χ4n) is 4.20. The minimum Gasteiger partial charge on any atom is -0.454 e. The highest BCUT2D eigenvalue weighted by molar-refractivity contribution is 5.44. The second kappa shape index (κ2) is 7.62. The zero-order valence-corrected chi connectivity index (χ0v) is 15.6. The molecule has 1 fully saturated rings. The van der Waals surface area contributed by atoms with E-state index >= 15 is 0 Å². The van der Waals surface area contributed by atoms with Crippen molar-refractivity contribution in [1.29, 1.82) is 0 Å². The molecule has 2 aliphatic heterocycles. The largest absolute Gasteiger partial charge is 0.454 e. The molecule has 0 radical (unpaired) electrons. The van der Waals surface area contributed by atoms with Crippen LogP contribution in [0, 0.1) is 12.8 Å². The van der Waals surface area contributed by atoms with Gasteiger partial charge in [0.2, 0.25) is 6.79 Å². The molecule has 1 saturated heterocycles. The molecular weight excluding hydrogens is 326 g/mol. The molecule has 3 heterocycles. The smallest absolute Gasteiger partial charge is 0.231 e. The average Bonchev–Trinajstić information content (AvgIpc) is 3.11. The normalized spacial score (nSPS) is 18.8. The molecule has 26 heavy (non-hydrogen) atoms. The van der Waals surface area contributed by atoms with Crippen molar-refractivity contribution in [3.63, 3.8) is 0 Å². The standard InChI is InChI=1S/C21H27N3O2/c1-15(9-17-3-4-19-20(10-17)26-14-25-19)12-24-7-5-18(6-8-24)21-16(2)11-22-13-23-21/h3-4,10-11,13,15,18H,5-9,12,14H2,1-2H3/t15-/m0/s1. The first-order valence-corrected chi connectivity index (χ1v) is 9.56. The molecule has 138 valence electrons. The number of benzene rings is 1. The maximum absolute atomic E-state index is 5.49. The topological polar surface area (TPSA) is 47.5 Å². The maximum atomic E-state index is 5.49. The number of ether oxygens (including phenoxy) is 2. The van der Waals surface area contributed by atoms with Gasteiger partial charge in [-0.3, -0.25) is 0 Å². The number of rotatable bonds is 5. The summed E-state index contributed by atoms with van der Waals surface area (Å²) in [5.74, 6) is 2.95. The summed E-state index contributed by atoms with van der Waals surface area (Å²) < 4.78 is 10.9. The lowest BCUT2D eigenvalue weighted by Crippen LogP contribution is -2.36. The van der Waals surface area contributed by atoms with Crippen LogP contribution in [-0.4, -0.2) is 41.3 Å². The van der Waals surface area contributed by atoms with Gasteiger partial charge in [0.15, 0.2) is 11.5 Å². The number of fused-ring (bicyclic) bond motifs is 1. The van der Waals surface area contributed by atoms with Crippen molar-refractivity contribution in [2.45, 2.75) is 39.0 Å². The van der Waals surface area contributed by atoms with Crippen LogP contribution in [0.2, 0.25) is 0 Å². The van der Waals surface area contributed by atoms with Crippen molar-refractivity contribution < 1.29 is 9.47 Å². The van der Waals surface area contributed by atoms with Crippen LogP contribution in [0.3, 0.4) is 0 Å². The van der Waals surface area contributed by atoms with Crippen molar-refractivity contribution in [3.8, 4) is 11.5 Å². The quantitative estimate of drug-likeness (QED) is 0.822. The third-order valence-electron chi connectivity index (χ3n) is 5.50. The molecule has 2 aliphatic rings. The zero-order chi connectivity index (χ0) is 17.9. The van der Waals surface area contributed by atoms with E-state index in [1.165, 1.54) is 29.7 Å². The van der Waals surface area contributed by atoms with Crippen molar-refractivity contribution >= 4 is 0 Å². The highest BCUT2D eigenvalue weighted by Gasteiger charge is 2.24. The molecule has 2 aromatic rings. The predicted molar refractivity (Wildman–Crippen MR) is 101 cm³/mol. The molecule has 1 aromatic carbocycles. The van der Waals surface area contributed by atoms with Crippen LogP contribution in [0.15, 0.2) is 30.7 Å². The van der Waals surface area contributed by atoms with Crippen LogP contribution in [0.5, 0.6) is 11.5 Å². The number of hydrogen-bond acceptors (Lipinski definition) is 5. The molecule has 0 bridgehead atoms. The second-order valence-electron chi connectivity index (χ2n) is 7.66. The fourth-order valence-corrected chi connectivity index (χ4v) is 4.20. The van der Waals surface area contributed by atoms with Crippen molar-refractivity contribution in [2.75, 3.05) is 26.4 Å². The van der Waals surface area contributed by atoms with Crippen molar-refractivity contribution in [2.24, 2.45) is 5.92 Å². The summed E-state index contributed by atoms with van der Waals surface area (Å²) in [6.45, 7) is 8.25. The maximum Gasteiger partial charge on any atom is 0.231 e.